The van der Waals surface area contributed by atoms with Crippen molar-refractivity contribution < 1.29 is 14.7 Å². The number of carbonyl (C=O) groups is 2. The van der Waals surface area contributed by atoms with E-state index in [-0.39, 0.29) is 18.9 Å². The van der Waals surface area contributed by atoms with Gasteiger partial charge in [-0.25, -0.2) is 0 Å². The molecule has 2 rings (SSSR count). The first kappa shape index (κ1) is 12.7. The summed E-state index contributed by atoms with van der Waals surface area (Å²) >= 11 is 0. The minimum atomic E-state index is -0.988. The molecule has 0 aliphatic carbocycles. The molecule has 7 heteroatoms. The number of carboxylic acid groups (broad SMARTS) is 1. The molecule has 2 N–H and O–H groups in total. The van der Waals surface area contributed by atoms with Crippen LogP contribution in [-0.4, -0.2) is 31.7 Å². The van der Waals surface area contributed by atoms with Crippen molar-refractivity contribution in [2.75, 3.05) is 5.32 Å². The van der Waals surface area contributed by atoms with Gasteiger partial charge in [0.25, 0.3) is 0 Å². The second-order valence-corrected chi connectivity index (χ2v) is 3.90. The minimum Gasteiger partial charge on any atom is -0.480 e. The predicted octanol–water partition coefficient (Wildman–Crippen LogP) is 0.544. The van der Waals surface area contributed by atoms with E-state index >= 15 is 0 Å². The van der Waals surface area contributed by atoms with Crippen molar-refractivity contribution in [3.63, 3.8) is 0 Å². The van der Waals surface area contributed by atoms with Gasteiger partial charge in [0, 0.05) is 18.6 Å². The summed E-state index contributed by atoms with van der Waals surface area (Å²) < 4.78 is 1.24. The number of aromatic nitrogens is 3. The van der Waals surface area contributed by atoms with Gasteiger partial charge in [0.2, 0.25) is 5.91 Å². The van der Waals surface area contributed by atoms with Gasteiger partial charge < -0.3 is 10.4 Å². The number of aliphatic carboxylic acids is 1. The van der Waals surface area contributed by atoms with Gasteiger partial charge in [0.15, 0.2) is 0 Å². The molecule has 0 aliphatic rings. The third-order valence-corrected chi connectivity index (χ3v) is 2.33. The van der Waals surface area contributed by atoms with Crippen LogP contribution >= 0.6 is 0 Å². The highest BCUT2D eigenvalue weighted by atomic mass is 16.4. The first-order valence-corrected chi connectivity index (χ1v) is 5.56. The van der Waals surface area contributed by atoms with Crippen molar-refractivity contribution in [3.05, 3.63) is 42.5 Å². The fourth-order valence-electron chi connectivity index (χ4n) is 1.54. The second kappa shape index (κ2) is 5.76. The molecule has 2 aromatic heterocycles. The quantitative estimate of drug-likeness (QED) is 0.818. The van der Waals surface area contributed by atoms with Gasteiger partial charge >= 0.3 is 5.97 Å². The predicted molar refractivity (Wildman–Crippen MR) is 66.4 cm³/mol. The summed E-state index contributed by atoms with van der Waals surface area (Å²) in [5, 5.41) is 15.1. The van der Waals surface area contributed by atoms with Gasteiger partial charge in [0.1, 0.15) is 6.54 Å². The maximum atomic E-state index is 11.7. The number of carboxylic acids is 1. The smallest absolute Gasteiger partial charge is 0.325 e. The van der Waals surface area contributed by atoms with Crippen molar-refractivity contribution in [3.8, 4) is 0 Å². The Bertz CT molecular complexity index is 580. The van der Waals surface area contributed by atoms with Gasteiger partial charge in [-0.3, -0.25) is 19.3 Å². The van der Waals surface area contributed by atoms with Crippen LogP contribution < -0.4 is 5.32 Å². The molecule has 0 aliphatic heterocycles. The zero-order valence-electron chi connectivity index (χ0n) is 9.98. The molecule has 0 saturated heterocycles. The number of amides is 1. The van der Waals surface area contributed by atoms with Gasteiger partial charge in [-0.1, -0.05) is 0 Å². The molecule has 98 valence electrons. The van der Waals surface area contributed by atoms with E-state index in [1.165, 1.54) is 17.1 Å². The molecule has 0 bridgehead atoms. The van der Waals surface area contributed by atoms with Gasteiger partial charge in [0.05, 0.1) is 18.3 Å². The second-order valence-electron chi connectivity index (χ2n) is 3.90. The Hall–Kier alpha value is -2.70. The van der Waals surface area contributed by atoms with Crippen LogP contribution in [0.4, 0.5) is 5.69 Å². The Labute approximate surface area is 108 Å². The normalized spacial score (nSPS) is 10.1. The molecule has 0 radical (unpaired) electrons. The molecule has 2 heterocycles. The highest BCUT2D eigenvalue weighted by Crippen LogP contribution is 2.06. The van der Waals surface area contributed by atoms with Crippen molar-refractivity contribution in [1.82, 2.24) is 14.8 Å². The summed E-state index contributed by atoms with van der Waals surface area (Å²) in [5.41, 5.74) is 1.32. The number of nitrogens with one attached hydrogen (secondary N) is 1. The SMILES string of the molecule is O=C(O)Cn1cc(NC(=O)Cc2ccncc2)cn1. The van der Waals surface area contributed by atoms with Crippen LogP contribution in [0.5, 0.6) is 0 Å². The van der Waals surface area contributed by atoms with Crippen molar-refractivity contribution >= 4 is 17.6 Å². The zero-order chi connectivity index (χ0) is 13.7. The minimum absolute atomic E-state index is 0.193. The standard InChI is InChI=1S/C12H12N4O3/c17-11(5-9-1-3-13-4-2-9)15-10-6-14-16(7-10)8-12(18)19/h1-4,6-7H,5,8H2,(H,15,17)(H,18,19). The number of anilines is 1. The Morgan fingerprint density at radius 1 is 1.32 bits per heavy atom. The monoisotopic (exact) mass is 260 g/mol. The number of carbonyl (C=O) groups excluding carboxylic acids is 1. The highest BCUT2D eigenvalue weighted by Gasteiger charge is 2.07. The number of hydrogen-bond acceptors (Lipinski definition) is 4. The number of pyridine rings is 1. The lowest BCUT2D eigenvalue weighted by Gasteiger charge is -2.02. The maximum absolute atomic E-state index is 11.7. The number of hydrogen-bond donors (Lipinski definition) is 2. The Balaban J connectivity index is 1.92. The van der Waals surface area contributed by atoms with Crippen LogP contribution in [-0.2, 0) is 22.6 Å². The van der Waals surface area contributed by atoms with Crippen LogP contribution in [0.15, 0.2) is 36.9 Å². The van der Waals surface area contributed by atoms with Crippen molar-refractivity contribution in [2.45, 2.75) is 13.0 Å². The summed E-state index contributed by atoms with van der Waals surface area (Å²) in [6.45, 7) is -0.236. The molecule has 0 unspecified atom stereocenters. The number of nitrogens with zero attached hydrogens (tertiary/aromatic N) is 3. The van der Waals surface area contributed by atoms with E-state index in [4.69, 9.17) is 5.11 Å². The summed E-state index contributed by atoms with van der Waals surface area (Å²) in [5.74, 6) is -1.18. The molecule has 0 spiro atoms. The van der Waals surface area contributed by atoms with E-state index in [9.17, 15) is 9.59 Å². The molecule has 0 atom stereocenters. The fourth-order valence-corrected chi connectivity index (χ4v) is 1.54. The van der Waals surface area contributed by atoms with E-state index in [1.807, 2.05) is 0 Å². The van der Waals surface area contributed by atoms with E-state index in [1.54, 1.807) is 24.5 Å². The topological polar surface area (TPSA) is 97.1 Å². The molecule has 1 amide bonds. The van der Waals surface area contributed by atoms with E-state index in [0.717, 1.165) is 5.56 Å². The maximum Gasteiger partial charge on any atom is 0.325 e. The zero-order valence-corrected chi connectivity index (χ0v) is 9.98. The van der Waals surface area contributed by atoms with E-state index < -0.39 is 5.97 Å². The summed E-state index contributed by atoms with van der Waals surface area (Å²) in [7, 11) is 0. The van der Waals surface area contributed by atoms with Crippen LogP contribution in [0.3, 0.4) is 0 Å². The molecule has 7 nitrogen and oxygen atoms in total. The van der Waals surface area contributed by atoms with Gasteiger partial charge in [-0.05, 0) is 17.7 Å². The molecular formula is C12H12N4O3. The van der Waals surface area contributed by atoms with Gasteiger partial charge in [-0.2, -0.15) is 5.10 Å². The Kier molecular flexibility index (Phi) is 3.87. The molecule has 19 heavy (non-hydrogen) atoms. The number of rotatable bonds is 5. The first-order valence-electron chi connectivity index (χ1n) is 5.56. The lowest BCUT2D eigenvalue weighted by molar-refractivity contribution is -0.137. The Morgan fingerprint density at radius 3 is 2.74 bits per heavy atom. The van der Waals surface area contributed by atoms with Crippen LogP contribution in [0.25, 0.3) is 0 Å². The summed E-state index contributed by atoms with van der Waals surface area (Å²) in [4.78, 5) is 26.1. The van der Waals surface area contributed by atoms with E-state index in [2.05, 4.69) is 15.4 Å². The average molecular weight is 260 g/mol. The summed E-state index contributed by atoms with van der Waals surface area (Å²) in [6, 6.07) is 3.51. The molecule has 0 aromatic carbocycles. The van der Waals surface area contributed by atoms with Crippen LogP contribution in [0.1, 0.15) is 5.56 Å². The van der Waals surface area contributed by atoms with Crippen molar-refractivity contribution in [2.24, 2.45) is 0 Å². The van der Waals surface area contributed by atoms with Gasteiger partial charge in [-0.15, -0.1) is 0 Å². The van der Waals surface area contributed by atoms with Crippen LogP contribution in [0.2, 0.25) is 0 Å². The average Bonchev–Trinajstić information content (AvgIpc) is 2.76. The van der Waals surface area contributed by atoms with Crippen LogP contribution in [0, 0.1) is 0 Å². The third kappa shape index (κ3) is 3.91. The highest BCUT2D eigenvalue weighted by molar-refractivity contribution is 5.91. The molecular weight excluding hydrogens is 248 g/mol. The lowest BCUT2D eigenvalue weighted by atomic mass is 10.2. The fraction of sp³-hybridized carbons (Fsp3) is 0.167. The summed E-state index contributed by atoms with van der Waals surface area (Å²) in [6.07, 6.45) is 6.35. The third-order valence-electron chi connectivity index (χ3n) is 2.33. The first-order chi connectivity index (χ1) is 9.13. The van der Waals surface area contributed by atoms with E-state index in [0.29, 0.717) is 5.69 Å². The molecule has 2 aromatic rings. The molecule has 0 saturated carbocycles. The largest absolute Gasteiger partial charge is 0.480 e. The van der Waals surface area contributed by atoms with Crippen molar-refractivity contribution in [1.29, 1.82) is 0 Å². The Morgan fingerprint density at radius 2 is 2.05 bits per heavy atom. The lowest BCUT2D eigenvalue weighted by Crippen LogP contribution is -2.14. The molecule has 0 fully saturated rings.